The molecule has 4 rings (SSSR count). The second-order valence-electron chi connectivity index (χ2n) is 5.58. The first-order valence-corrected chi connectivity index (χ1v) is 7.61. The molecule has 118 valence electrons. The molecule has 6 heteroatoms. The van der Waals surface area contributed by atoms with Gasteiger partial charge in [0.2, 0.25) is 0 Å². The highest BCUT2D eigenvalue weighted by Crippen LogP contribution is 2.32. The molecular weight excluding hydrogens is 294 g/mol. The lowest BCUT2D eigenvalue weighted by atomic mass is 10.1. The number of aryl methyl sites for hydroxylation is 1. The molecule has 1 aromatic carbocycles. The molecule has 0 bridgehead atoms. The van der Waals surface area contributed by atoms with E-state index in [9.17, 15) is 4.79 Å². The quantitative estimate of drug-likeness (QED) is 0.728. The molecule has 0 spiro atoms. The molecule has 0 radical (unpaired) electrons. The van der Waals surface area contributed by atoms with Crippen LogP contribution in [0.5, 0.6) is 0 Å². The zero-order chi connectivity index (χ0) is 15.8. The van der Waals surface area contributed by atoms with Crippen LogP contribution in [0.15, 0.2) is 41.1 Å². The Balaban J connectivity index is 1.79. The van der Waals surface area contributed by atoms with E-state index in [0.717, 1.165) is 16.6 Å². The lowest BCUT2D eigenvalue weighted by Crippen LogP contribution is -2.40. The molecule has 2 aromatic heterocycles. The number of aromatic nitrogens is 2. The minimum Gasteiger partial charge on any atom is -0.463 e. The van der Waals surface area contributed by atoms with Crippen molar-refractivity contribution in [3.8, 4) is 11.3 Å². The zero-order valence-corrected chi connectivity index (χ0v) is 12.9. The molecule has 0 atom stereocenters. The highest BCUT2D eigenvalue weighted by atomic mass is 16.5. The van der Waals surface area contributed by atoms with Crippen molar-refractivity contribution in [2.45, 2.75) is 0 Å². The van der Waals surface area contributed by atoms with Gasteiger partial charge in [0.05, 0.1) is 24.5 Å². The van der Waals surface area contributed by atoms with Crippen LogP contribution in [0, 0.1) is 0 Å². The van der Waals surface area contributed by atoms with Gasteiger partial charge in [0.15, 0.2) is 0 Å². The monoisotopic (exact) mass is 311 g/mol. The van der Waals surface area contributed by atoms with Gasteiger partial charge in [-0.3, -0.25) is 9.48 Å². The molecule has 6 nitrogen and oxygen atoms in total. The van der Waals surface area contributed by atoms with Gasteiger partial charge < -0.3 is 14.1 Å². The predicted octanol–water partition coefficient (Wildman–Crippen LogP) is 2.31. The lowest BCUT2D eigenvalue weighted by Gasteiger charge is -2.26. The fourth-order valence-electron chi connectivity index (χ4n) is 3.00. The molecule has 1 fully saturated rings. The minimum absolute atomic E-state index is 0.00944. The number of hydrogen-bond donors (Lipinski definition) is 0. The minimum atomic E-state index is -0.00944. The molecule has 1 saturated heterocycles. The van der Waals surface area contributed by atoms with E-state index >= 15 is 0 Å². The Morgan fingerprint density at radius 3 is 2.78 bits per heavy atom. The molecule has 0 saturated carbocycles. The van der Waals surface area contributed by atoms with Gasteiger partial charge in [0.1, 0.15) is 11.8 Å². The zero-order valence-electron chi connectivity index (χ0n) is 12.9. The van der Waals surface area contributed by atoms with Gasteiger partial charge in [-0.2, -0.15) is 5.10 Å². The van der Waals surface area contributed by atoms with E-state index in [4.69, 9.17) is 9.15 Å². The summed E-state index contributed by atoms with van der Waals surface area (Å²) in [4.78, 5) is 14.6. The number of para-hydroxylation sites is 1. The first-order chi connectivity index (χ1) is 11.3. The van der Waals surface area contributed by atoms with Gasteiger partial charge in [-0.25, -0.2) is 0 Å². The molecule has 1 aliphatic heterocycles. The molecule has 3 heterocycles. The van der Waals surface area contributed by atoms with E-state index in [2.05, 4.69) is 5.10 Å². The molecule has 1 aliphatic rings. The molecule has 0 aliphatic carbocycles. The molecular formula is C17H17N3O3. The Hall–Kier alpha value is -2.60. The average Bonchev–Trinajstić information content (AvgIpc) is 3.20. The third-order valence-electron chi connectivity index (χ3n) is 4.23. The molecule has 3 aromatic rings. The van der Waals surface area contributed by atoms with Crippen LogP contribution in [-0.4, -0.2) is 46.9 Å². The Labute approximate surface area is 133 Å². The fraction of sp³-hybridized carbons (Fsp3) is 0.294. The van der Waals surface area contributed by atoms with Crippen LogP contribution in [0.4, 0.5) is 0 Å². The van der Waals surface area contributed by atoms with Crippen LogP contribution in [0.25, 0.3) is 22.2 Å². The van der Waals surface area contributed by atoms with E-state index in [0.29, 0.717) is 37.4 Å². The second kappa shape index (κ2) is 5.55. The number of nitrogens with zero attached hydrogens (tertiary/aromatic N) is 3. The lowest BCUT2D eigenvalue weighted by molar-refractivity contribution is 0.0303. The van der Waals surface area contributed by atoms with Crippen LogP contribution < -0.4 is 0 Å². The highest BCUT2D eigenvalue weighted by molar-refractivity contribution is 6.08. The van der Waals surface area contributed by atoms with Gasteiger partial charge in [-0.05, 0) is 12.1 Å². The summed E-state index contributed by atoms with van der Waals surface area (Å²) in [5.74, 6) is -0.00944. The van der Waals surface area contributed by atoms with Gasteiger partial charge in [-0.15, -0.1) is 0 Å². The Morgan fingerprint density at radius 2 is 2.04 bits per heavy atom. The molecule has 0 unspecified atom stereocenters. The number of fused-ring (bicyclic) bond motifs is 1. The largest absolute Gasteiger partial charge is 0.463 e. The SMILES string of the molecule is Cn1nccc1-c1coc2c(C(=O)N3CCOCC3)cccc12. The summed E-state index contributed by atoms with van der Waals surface area (Å²) in [6.07, 6.45) is 3.44. The molecule has 23 heavy (non-hydrogen) atoms. The smallest absolute Gasteiger partial charge is 0.257 e. The summed E-state index contributed by atoms with van der Waals surface area (Å²) in [5, 5.41) is 5.12. The van der Waals surface area contributed by atoms with Crippen LogP contribution in [0.3, 0.4) is 0 Å². The van der Waals surface area contributed by atoms with Gasteiger partial charge in [0, 0.05) is 37.3 Å². The first-order valence-electron chi connectivity index (χ1n) is 7.61. The Bertz CT molecular complexity index is 859. The van der Waals surface area contributed by atoms with Crippen molar-refractivity contribution in [2.24, 2.45) is 7.05 Å². The van der Waals surface area contributed by atoms with Crippen molar-refractivity contribution in [1.82, 2.24) is 14.7 Å². The summed E-state index contributed by atoms with van der Waals surface area (Å²) in [6.45, 7) is 2.40. The number of benzene rings is 1. The van der Waals surface area contributed by atoms with E-state index < -0.39 is 0 Å². The standard InChI is InChI=1S/C17H17N3O3/c1-19-15(5-6-18-19)14-11-23-16-12(14)3-2-4-13(16)17(21)20-7-9-22-10-8-20/h2-6,11H,7-10H2,1H3. The van der Waals surface area contributed by atoms with Crippen LogP contribution >= 0.6 is 0 Å². The fourth-order valence-corrected chi connectivity index (χ4v) is 3.00. The van der Waals surface area contributed by atoms with Crippen molar-refractivity contribution in [2.75, 3.05) is 26.3 Å². The van der Waals surface area contributed by atoms with Crippen LogP contribution in [-0.2, 0) is 11.8 Å². The van der Waals surface area contributed by atoms with Gasteiger partial charge >= 0.3 is 0 Å². The van der Waals surface area contributed by atoms with Gasteiger partial charge in [0.25, 0.3) is 5.91 Å². The number of rotatable bonds is 2. The topological polar surface area (TPSA) is 60.5 Å². The predicted molar refractivity (Wildman–Crippen MR) is 85.1 cm³/mol. The second-order valence-corrected chi connectivity index (χ2v) is 5.58. The van der Waals surface area contributed by atoms with Crippen molar-refractivity contribution >= 4 is 16.9 Å². The Morgan fingerprint density at radius 1 is 1.22 bits per heavy atom. The summed E-state index contributed by atoms with van der Waals surface area (Å²) >= 11 is 0. The van der Waals surface area contributed by atoms with Gasteiger partial charge in [-0.1, -0.05) is 12.1 Å². The maximum atomic E-state index is 12.8. The molecule has 1 amide bonds. The number of carbonyl (C=O) groups excluding carboxylic acids is 1. The van der Waals surface area contributed by atoms with Crippen molar-refractivity contribution < 1.29 is 13.9 Å². The normalized spacial score (nSPS) is 15.3. The number of carbonyl (C=O) groups is 1. The number of furan rings is 1. The third-order valence-corrected chi connectivity index (χ3v) is 4.23. The van der Waals surface area contributed by atoms with E-state index in [1.54, 1.807) is 17.1 Å². The first kappa shape index (κ1) is 14.0. The van der Waals surface area contributed by atoms with E-state index in [1.807, 2.05) is 36.2 Å². The van der Waals surface area contributed by atoms with E-state index in [-0.39, 0.29) is 5.91 Å². The van der Waals surface area contributed by atoms with Crippen molar-refractivity contribution in [3.05, 3.63) is 42.3 Å². The number of morpholine rings is 1. The maximum Gasteiger partial charge on any atom is 0.257 e. The third kappa shape index (κ3) is 2.31. The number of ether oxygens (including phenoxy) is 1. The Kier molecular flexibility index (Phi) is 3.38. The van der Waals surface area contributed by atoms with Crippen LogP contribution in [0.2, 0.25) is 0 Å². The maximum absolute atomic E-state index is 12.8. The van der Waals surface area contributed by atoms with Crippen molar-refractivity contribution in [3.63, 3.8) is 0 Å². The summed E-state index contributed by atoms with van der Waals surface area (Å²) < 4.78 is 12.9. The van der Waals surface area contributed by atoms with E-state index in [1.165, 1.54) is 0 Å². The highest BCUT2D eigenvalue weighted by Gasteiger charge is 2.23. The summed E-state index contributed by atoms with van der Waals surface area (Å²) in [6, 6.07) is 7.61. The summed E-state index contributed by atoms with van der Waals surface area (Å²) in [5.41, 5.74) is 3.12. The van der Waals surface area contributed by atoms with Crippen LogP contribution in [0.1, 0.15) is 10.4 Å². The average molecular weight is 311 g/mol. The van der Waals surface area contributed by atoms with Crippen molar-refractivity contribution in [1.29, 1.82) is 0 Å². The molecule has 0 N–H and O–H groups in total. The number of amides is 1. The number of hydrogen-bond acceptors (Lipinski definition) is 4. The summed E-state index contributed by atoms with van der Waals surface area (Å²) in [7, 11) is 1.89.